The van der Waals surface area contributed by atoms with Crippen molar-refractivity contribution >= 4 is 0 Å². The maximum absolute atomic E-state index is 14.5. The van der Waals surface area contributed by atoms with Crippen LogP contribution >= 0.6 is 0 Å². The largest absolute Gasteiger partial charge is 0.361 e. The van der Waals surface area contributed by atoms with Gasteiger partial charge in [0, 0.05) is 31.6 Å². The monoisotopic (exact) mass is 242 g/mol. The van der Waals surface area contributed by atoms with Gasteiger partial charge in [0.25, 0.3) is 0 Å². The molecule has 0 aromatic heterocycles. The van der Waals surface area contributed by atoms with Gasteiger partial charge in [-0.1, -0.05) is 0 Å². The van der Waals surface area contributed by atoms with E-state index in [4.69, 9.17) is 0 Å². The summed E-state index contributed by atoms with van der Waals surface area (Å²) in [6.45, 7) is 6.47. The number of hydrogen-bond donors (Lipinski definition) is 0. The van der Waals surface area contributed by atoms with E-state index in [0.29, 0.717) is 18.5 Å². The summed E-state index contributed by atoms with van der Waals surface area (Å²) in [5, 5.41) is 0. The second kappa shape index (κ2) is 4.00. The molecule has 0 spiro atoms. The third-order valence-electron chi connectivity index (χ3n) is 3.60. The molecule has 0 fully saturated rings. The Labute approximate surface area is 102 Å². The van der Waals surface area contributed by atoms with Crippen molar-refractivity contribution < 1.29 is 8.78 Å². The van der Waals surface area contributed by atoms with Crippen molar-refractivity contribution in [3.8, 4) is 0 Å². The van der Waals surface area contributed by atoms with Crippen molar-refractivity contribution in [3.05, 3.63) is 23.3 Å². The van der Waals surface area contributed by atoms with Gasteiger partial charge in [-0.25, -0.2) is 8.78 Å². The van der Waals surface area contributed by atoms with Gasteiger partial charge < -0.3 is 9.80 Å². The molecular formula is C13H20F2N2. The van der Waals surface area contributed by atoms with Crippen LogP contribution in [0.1, 0.15) is 27.2 Å². The topological polar surface area (TPSA) is 6.48 Å². The van der Waals surface area contributed by atoms with Crippen LogP contribution in [0.15, 0.2) is 23.3 Å². The van der Waals surface area contributed by atoms with E-state index in [2.05, 4.69) is 0 Å². The van der Waals surface area contributed by atoms with Gasteiger partial charge in [-0.2, -0.15) is 0 Å². The lowest BCUT2D eigenvalue weighted by molar-refractivity contribution is 0.118. The highest BCUT2D eigenvalue weighted by atomic mass is 19.1. The SMILES string of the molecule is CC(C)N1CC(F)=CC2=C1N(C)CCC2(C)F. The fourth-order valence-electron chi connectivity index (χ4n) is 2.51. The Balaban J connectivity index is 2.52. The molecule has 4 heteroatoms. The number of allylic oxidation sites excluding steroid dienone is 2. The third kappa shape index (κ3) is 2.05. The molecule has 2 nitrogen and oxygen atoms in total. The van der Waals surface area contributed by atoms with Crippen LogP contribution in [0, 0.1) is 0 Å². The van der Waals surface area contributed by atoms with Gasteiger partial charge in [0.15, 0.2) is 0 Å². The van der Waals surface area contributed by atoms with E-state index >= 15 is 0 Å². The van der Waals surface area contributed by atoms with E-state index in [0.717, 1.165) is 5.82 Å². The molecular weight excluding hydrogens is 222 g/mol. The van der Waals surface area contributed by atoms with Crippen LogP contribution in [0.3, 0.4) is 0 Å². The summed E-state index contributed by atoms with van der Waals surface area (Å²) in [5.74, 6) is 0.592. The molecule has 17 heavy (non-hydrogen) atoms. The van der Waals surface area contributed by atoms with Gasteiger partial charge in [0.1, 0.15) is 17.3 Å². The molecule has 2 aliphatic heterocycles. The Morgan fingerprint density at radius 3 is 2.65 bits per heavy atom. The normalized spacial score (nSPS) is 29.7. The molecule has 0 saturated heterocycles. The van der Waals surface area contributed by atoms with Crippen LogP contribution in [0.5, 0.6) is 0 Å². The van der Waals surface area contributed by atoms with E-state index in [1.807, 2.05) is 30.7 Å². The molecule has 0 aromatic rings. The van der Waals surface area contributed by atoms with Gasteiger partial charge in [-0.3, -0.25) is 0 Å². The minimum atomic E-state index is -1.42. The predicted molar refractivity (Wildman–Crippen MR) is 64.8 cm³/mol. The highest BCUT2D eigenvalue weighted by molar-refractivity contribution is 5.39. The number of hydrogen-bond acceptors (Lipinski definition) is 2. The number of alkyl halides is 1. The van der Waals surface area contributed by atoms with Crippen molar-refractivity contribution in [2.24, 2.45) is 0 Å². The van der Waals surface area contributed by atoms with Gasteiger partial charge in [0.2, 0.25) is 0 Å². The summed E-state index contributed by atoms with van der Waals surface area (Å²) in [4.78, 5) is 3.96. The Kier molecular flexibility index (Phi) is 2.92. The average molecular weight is 242 g/mol. The minimum absolute atomic E-state index is 0.163. The average Bonchev–Trinajstić information content (AvgIpc) is 2.23. The van der Waals surface area contributed by atoms with Crippen LogP contribution < -0.4 is 0 Å². The first kappa shape index (κ1) is 12.4. The Morgan fingerprint density at radius 1 is 1.41 bits per heavy atom. The first-order chi connectivity index (χ1) is 7.83. The molecule has 0 aromatic carbocycles. The van der Waals surface area contributed by atoms with Crippen LogP contribution in [0.2, 0.25) is 0 Å². The molecule has 2 heterocycles. The van der Waals surface area contributed by atoms with Crippen LogP contribution in [-0.4, -0.2) is 41.6 Å². The van der Waals surface area contributed by atoms with Gasteiger partial charge in [0.05, 0.1) is 6.54 Å². The highest BCUT2D eigenvalue weighted by Gasteiger charge is 2.40. The number of rotatable bonds is 1. The van der Waals surface area contributed by atoms with Gasteiger partial charge in [-0.15, -0.1) is 0 Å². The van der Waals surface area contributed by atoms with E-state index < -0.39 is 5.67 Å². The first-order valence-corrected chi connectivity index (χ1v) is 6.10. The second-order valence-electron chi connectivity index (χ2n) is 5.42. The standard InChI is InChI=1S/C13H20F2N2/c1-9(2)17-8-10(14)7-11-12(17)16(4)6-5-13(11,3)15/h7,9H,5-6,8H2,1-4H3. The predicted octanol–water partition coefficient (Wildman–Crippen LogP) is 2.84. The Morgan fingerprint density at radius 2 is 2.06 bits per heavy atom. The maximum atomic E-state index is 14.5. The smallest absolute Gasteiger partial charge is 0.138 e. The molecule has 96 valence electrons. The molecule has 2 rings (SSSR count). The van der Waals surface area contributed by atoms with E-state index in [1.54, 1.807) is 6.92 Å². The summed E-state index contributed by atoms with van der Waals surface area (Å²) in [7, 11) is 1.94. The lowest BCUT2D eigenvalue weighted by Gasteiger charge is -2.45. The quantitative estimate of drug-likeness (QED) is 0.697. The lowest BCUT2D eigenvalue weighted by Crippen LogP contribution is -2.48. The Bertz CT molecular complexity index is 383. The van der Waals surface area contributed by atoms with Crippen molar-refractivity contribution in [2.45, 2.75) is 38.9 Å². The zero-order chi connectivity index (χ0) is 12.8. The molecule has 1 unspecified atom stereocenters. The zero-order valence-corrected chi connectivity index (χ0v) is 10.9. The van der Waals surface area contributed by atoms with Crippen molar-refractivity contribution in [1.29, 1.82) is 0 Å². The summed E-state index contributed by atoms with van der Waals surface area (Å²) in [5.41, 5.74) is -0.934. The van der Waals surface area contributed by atoms with Crippen LogP contribution in [0.4, 0.5) is 8.78 Å². The summed E-state index contributed by atoms with van der Waals surface area (Å²) >= 11 is 0. The van der Waals surface area contributed by atoms with Crippen molar-refractivity contribution in [1.82, 2.24) is 9.80 Å². The van der Waals surface area contributed by atoms with Crippen LogP contribution in [-0.2, 0) is 0 Å². The number of halogens is 2. The zero-order valence-electron chi connectivity index (χ0n) is 10.9. The van der Waals surface area contributed by atoms with Crippen molar-refractivity contribution in [3.63, 3.8) is 0 Å². The lowest BCUT2D eigenvalue weighted by atomic mass is 9.88. The maximum Gasteiger partial charge on any atom is 0.138 e. The van der Waals surface area contributed by atoms with E-state index in [9.17, 15) is 8.78 Å². The molecule has 2 aliphatic rings. The van der Waals surface area contributed by atoms with Gasteiger partial charge >= 0.3 is 0 Å². The van der Waals surface area contributed by atoms with E-state index in [1.165, 1.54) is 6.08 Å². The summed E-state index contributed by atoms with van der Waals surface area (Å²) in [6, 6.07) is 0.163. The fraction of sp³-hybridized carbons (Fsp3) is 0.692. The first-order valence-electron chi connectivity index (χ1n) is 6.10. The molecule has 0 bridgehead atoms. The minimum Gasteiger partial charge on any atom is -0.361 e. The number of nitrogens with zero attached hydrogens (tertiary/aromatic N) is 2. The fourth-order valence-corrected chi connectivity index (χ4v) is 2.51. The second-order valence-corrected chi connectivity index (χ2v) is 5.42. The molecule has 0 saturated carbocycles. The molecule has 0 aliphatic carbocycles. The van der Waals surface area contributed by atoms with Crippen LogP contribution in [0.25, 0.3) is 0 Å². The molecule has 1 atom stereocenters. The molecule has 0 radical (unpaired) electrons. The Hall–Kier alpha value is -1.06. The summed E-state index contributed by atoms with van der Waals surface area (Å²) < 4.78 is 28.1. The highest BCUT2D eigenvalue weighted by Crippen LogP contribution is 2.39. The van der Waals surface area contributed by atoms with E-state index in [-0.39, 0.29) is 18.4 Å². The molecule has 0 N–H and O–H groups in total. The van der Waals surface area contributed by atoms with Gasteiger partial charge in [-0.05, 0) is 26.8 Å². The third-order valence-corrected chi connectivity index (χ3v) is 3.60. The summed E-state index contributed by atoms with van der Waals surface area (Å²) in [6.07, 6.45) is 1.79. The molecule has 0 amide bonds. The van der Waals surface area contributed by atoms with Crippen molar-refractivity contribution in [2.75, 3.05) is 20.1 Å².